The van der Waals surface area contributed by atoms with Crippen LogP contribution in [0.2, 0.25) is 0 Å². The fourth-order valence-corrected chi connectivity index (χ4v) is 2.44. The molecule has 0 saturated carbocycles. The lowest BCUT2D eigenvalue weighted by Gasteiger charge is -2.35. The summed E-state index contributed by atoms with van der Waals surface area (Å²) in [6.45, 7) is 0.496. The minimum atomic E-state index is -4.21. The Bertz CT molecular complexity index is 361. The number of carbonyl (C=O) groups is 2. The van der Waals surface area contributed by atoms with Crippen LogP contribution in [0.5, 0.6) is 0 Å². The first-order valence-corrected chi connectivity index (χ1v) is 7.12. The molecule has 8 heteroatoms. The van der Waals surface area contributed by atoms with Gasteiger partial charge in [0.25, 0.3) is 0 Å². The van der Waals surface area contributed by atoms with Crippen molar-refractivity contribution in [3.05, 3.63) is 0 Å². The van der Waals surface area contributed by atoms with Crippen molar-refractivity contribution < 1.29 is 27.9 Å². The second kappa shape index (κ2) is 8.09. The summed E-state index contributed by atoms with van der Waals surface area (Å²) in [4.78, 5) is 24.1. The summed E-state index contributed by atoms with van der Waals surface area (Å²) >= 11 is 0. The van der Waals surface area contributed by atoms with Gasteiger partial charge in [0.05, 0.1) is 0 Å². The molecule has 1 aliphatic heterocycles. The van der Waals surface area contributed by atoms with Crippen LogP contribution in [0, 0.1) is 0 Å². The highest BCUT2D eigenvalue weighted by Gasteiger charge is 2.28. The van der Waals surface area contributed by atoms with Crippen molar-refractivity contribution in [3.63, 3.8) is 0 Å². The molecule has 1 unspecified atom stereocenters. The molecule has 1 atom stereocenters. The van der Waals surface area contributed by atoms with Crippen LogP contribution in [-0.2, 0) is 4.79 Å². The molecule has 5 nitrogen and oxygen atoms in total. The van der Waals surface area contributed by atoms with Gasteiger partial charge in [0, 0.05) is 32.0 Å². The molecule has 122 valence electrons. The Morgan fingerprint density at radius 3 is 2.62 bits per heavy atom. The Labute approximate surface area is 121 Å². The third-order valence-electron chi connectivity index (χ3n) is 3.49. The SMILES string of the molecule is O=C(O)CCC1CCCCN1C(=O)NCCCC(F)(F)F. The molecule has 2 amide bonds. The van der Waals surface area contributed by atoms with E-state index in [0.29, 0.717) is 13.0 Å². The van der Waals surface area contributed by atoms with E-state index in [4.69, 9.17) is 5.11 Å². The first kappa shape index (κ1) is 17.6. The summed E-state index contributed by atoms with van der Waals surface area (Å²) in [5.74, 6) is -0.911. The van der Waals surface area contributed by atoms with Gasteiger partial charge in [0.15, 0.2) is 0 Å². The number of likely N-dealkylation sites (tertiary alicyclic amines) is 1. The van der Waals surface area contributed by atoms with Gasteiger partial charge in [-0.3, -0.25) is 4.79 Å². The molecule has 0 radical (unpaired) electrons. The number of hydrogen-bond donors (Lipinski definition) is 2. The van der Waals surface area contributed by atoms with Crippen molar-refractivity contribution in [1.82, 2.24) is 10.2 Å². The second-order valence-corrected chi connectivity index (χ2v) is 5.23. The largest absolute Gasteiger partial charge is 0.481 e. The van der Waals surface area contributed by atoms with Crippen molar-refractivity contribution in [2.24, 2.45) is 0 Å². The minimum Gasteiger partial charge on any atom is -0.481 e. The van der Waals surface area contributed by atoms with Crippen LogP contribution in [0.15, 0.2) is 0 Å². The number of hydrogen-bond acceptors (Lipinski definition) is 2. The number of carbonyl (C=O) groups excluding carboxylic acids is 1. The monoisotopic (exact) mass is 310 g/mol. The fourth-order valence-electron chi connectivity index (χ4n) is 2.44. The molecular weight excluding hydrogens is 289 g/mol. The number of halogens is 3. The van der Waals surface area contributed by atoms with Crippen LogP contribution in [0.3, 0.4) is 0 Å². The van der Waals surface area contributed by atoms with Crippen LogP contribution in [0.25, 0.3) is 0 Å². The fraction of sp³-hybridized carbons (Fsp3) is 0.846. The highest BCUT2D eigenvalue weighted by molar-refractivity contribution is 5.74. The van der Waals surface area contributed by atoms with Gasteiger partial charge in [-0.1, -0.05) is 0 Å². The molecule has 0 aromatic rings. The van der Waals surface area contributed by atoms with E-state index in [-0.39, 0.29) is 25.4 Å². The lowest BCUT2D eigenvalue weighted by molar-refractivity contribution is -0.137. The maximum absolute atomic E-state index is 12.0. The van der Waals surface area contributed by atoms with Gasteiger partial charge in [0.1, 0.15) is 0 Å². The summed E-state index contributed by atoms with van der Waals surface area (Å²) in [6.07, 6.45) is -2.41. The first-order chi connectivity index (χ1) is 9.79. The van der Waals surface area contributed by atoms with E-state index in [2.05, 4.69) is 5.32 Å². The average molecular weight is 310 g/mol. The molecule has 0 bridgehead atoms. The molecule has 1 rings (SSSR count). The van der Waals surface area contributed by atoms with Gasteiger partial charge in [-0.15, -0.1) is 0 Å². The van der Waals surface area contributed by atoms with Gasteiger partial charge in [-0.25, -0.2) is 4.79 Å². The highest BCUT2D eigenvalue weighted by Crippen LogP contribution is 2.22. The molecule has 1 heterocycles. The molecule has 21 heavy (non-hydrogen) atoms. The topological polar surface area (TPSA) is 69.6 Å². The Morgan fingerprint density at radius 1 is 1.29 bits per heavy atom. The van der Waals surface area contributed by atoms with Crippen molar-refractivity contribution >= 4 is 12.0 Å². The number of nitrogens with one attached hydrogen (secondary N) is 1. The van der Waals surface area contributed by atoms with Crippen LogP contribution >= 0.6 is 0 Å². The van der Waals surface area contributed by atoms with Gasteiger partial charge in [-0.05, 0) is 32.1 Å². The molecule has 1 fully saturated rings. The number of piperidine rings is 1. The van der Waals surface area contributed by atoms with E-state index in [9.17, 15) is 22.8 Å². The lowest BCUT2D eigenvalue weighted by Crippen LogP contribution is -2.49. The van der Waals surface area contributed by atoms with E-state index in [1.54, 1.807) is 4.90 Å². The average Bonchev–Trinajstić information content (AvgIpc) is 2.40. The molecule has 2 N–H and O–H groups in total. The van der Waals surface area contributed by atoms with Gasteiger partial charge < -0.3 is 15.3 Å². The number of rotatable bonds is 6. The normalized spacial score (nSPS) is 19.4. The summed E-state index contributed by atoms with van der Waals surface area (Å²) in [7, 11) is 0. The van der Waals surface area contributed by atoms with Gasteiger partial charge >= 0.3 is 18.2 Å². The van der Waals surface area contributed by atoms with Crippen molar-refractivity contribution in [2.75, 3.05) is 13.1 Å². The van der Waals surface area contributed by atoms with Crippen LogP contribution < -0.4 is 5.32 Å². The number of alkyl halides is 3. The first-order valence-electron chi connectivity index (χ1n) is 7.12. The standard InChI is InChI=1S/C13H21F3N2O3/c14-13(15,16)7-3-8-17-12(21)18-9-2-1-4-10(18)5-6-11(19)20/h10H,1-9H2,(H,17,21)(H,19,20). The zero-order chi connectivity index (χ0) is 15.9. The van der Waals surface area contributed by atoms with E-state index >= 15 is 0 Å². The maximum atomic E-state index is 12.0. The smallest absolute Gasteiger partial charge is 0.389 e. The summed E-state index contributed by atoms with van der Waals surface area (Å²) in [5.41, 5.74) is 0. The zero-order valence-corrected chi connectivity index (χ0v) is 11.8. The maximum Gasteiger partial charge on any atom is 0.389 e. The Balaban J connectivity index is 2.36. The summed E-state index contributed by atoms with van der Waals surface area (Å²) < 4.78 is 36.0. The molecule has 1 aliphatic rings. The summed E-state index contributed by atoms with van der Waals surface area (Å²) in [6, 6.07) is -0.537. The molecule has 0 aromatic heterocycles. The van der Waals surface area contributed by atoms with Crippen molar-refractivity contribution in [2.45, 2.75) is 57.2 Å². The minimum absolute atomic E-state index is 0.0114. The molecule has 1 saturated heterocycles. The Kier molecular flexibility index (Phi) is 6.77. The third kappa shape index (κ3) is 7.19. The van der Waals surface area contributed by atoms with Crippen LogP contribution in [0.4, 0.5) is 18.0 Å². The lowest BCUT2D eigenvalue weighted by atomic mass is 9.98. The number of nitrogens with zero attached hydrogens (tertiary/aromatic N) is 1. The highest BCUT2D eigenvalue weighted by atomic mass is 19.4. The molecule has 0 aliphatic carbocycles. The van der Waals surface area contributed by atoms with Crippen molar-refractivity contribution in [1.29, 1.82) is 0 Å². The number of urea groups is 1. The predicted molar refractivity (Wildman–Crippen MR) is 69.9 cm³/mol. The van der Waals surface area contributed by atoms with Gasteiger partial charge in [-0.2, -0.15) is 13.2 Å². The van der Waals surface area contributed by atoms with E-state index in [0.717, 1.165) is 19.3 Å². The van der Waals surface area contributed by atoms with Crippen LogP contribution in [0.1, 0.15) is 44.9 Å². The Hall–Kier alpha value is -1.47. The zero-order valence-electron chi connectivity index (χ0n) is 11.8. The van der Waals surface area contributed by atoms with Gasteiger partial charge in [0.2, 0.25) is 0 Å². The molecule has 0 aromatic carbocycles. The predicted octanol–water partition coefficient (Wildman–Crippen LogP) is 2.76. The van der Waals surface area contributed by atoms with E-state index in [1.807, 2.05) is 0 Å². The number of amides is 2. The quantitative estimate of drug-likeness (QED) is 0.741. The third-order valence-corrected chi connectivity index (χ3v) is 3.49. The number of aliphatic carboxylic acids is 1. The van der Waals surface area contributed by atoms with Crippen molar-refractivity contribution in [3.8, 4) is 0 Å². The number of carboxylic acid groups (broad SMARTS) is 1. The molecular formula is C13H21F3N2O3. The summed E-state index contributed by atoms with van der Waals surface area (Å²) in [5, 5.41) is 11.2. The number of carboxylic acids is 1. The van der Waals surface area contributed by atoms with E-state index in [1.165, 1.54) is 0 Å². The van der Waals surface area contributed by atoms with E-state index < -0.39 is 24.6 Å². The Morgan fingerprint density at radius 2 is 2.00 bits per heavy atom. The molecule has 0 spiro atoms. The van der Waals surface area contributed by atoms with Crippen LogP contribution in [-0.4, -0.2) is 47.3 Å². The second-order valence-electron chi connectivity index (χ2n) is 5.23.